The summed E-state index contributed by atoms with van der Waals surface area (Å²) in [7, 11) is 0. The third-order valence-electron chi connectivity index (χ3n) is 2.62. The lowest BCUT2D eigenvalue weighted by Crippen LogP contribution is -2.00. The SMILES string of the molecule is Fc1cc(C(Br)Cc2ccncc2Cl)cc(F)c1F. The quantitative estimate of drug-likeness (QED) is 0.571. The number of benzene rings is 1. The average Bonchev–Trinajstić information content (AvgIpc) is 2.38. The average molecular weight is 351 g/mol. The first-order valence-corrected chi connectivity index (χ1v) is 6.65. The van der Waals surface area contributed by atoms with Gasteiger partial charge in [0.1, 0.15) is 0 Å². The second kappa shape index (κ2) is 5.92. The lowest BCUT2D eigenvalue weighted by atomic mass is 10.0. The number of hydrogen-bond acceptors (Lipinski definition) is 1. The van der Waals surface area contributed by atoms with E-state index in [4.69, 9.17) is 11.6 Å². The van der Waals surface area contributed by atoms with Crippen LogP contribution in [-0.4, -0.2) is 4.98 Å². The molecule has 0 spiro atoms. The predicted octanol–water partition coefficient (Wildman–Crippen LogP) is 4.83. The molecule has 0 radical (unpaired) electrons. The maximum Gasteiger partial charge on any atom is 0.194 e. The van der Waals surface area contributed by atoms with E-state index in [0.29, 0.717) is 17.0 Å². The van der Waals surface area contributed by atoms with Gasteiger partial charge in [0.15, 0.2) is 17.5 Å². The van der Waals surface area contributed by atoms with Gasteiger partial charge in [-0.2, -0.15) is 0 Å². The molecule has 0 amide bonds. The molecule has 1 aromatic carbocycles. The van der Waals surface area contributed by atoms with Crippen LogP contribution in [0.3, 0.4) is 0 Å². The third-order valence-corrected chi connectivity index (χ3v) is 3.82. The number of nitrogens with zero attached hydrogens (tertiary/aromatic N) is 1. The van der Waals surface area contributed by atoms with Crippen LogP contribution in [0, 0.1) is 17.5 Å². The van der Waals surface area contributed by atoms with Crippen LogP contribution < -0.4 is 0 Å². The Morgan fingerprint density at radius 3 is 2.42 bits per heavy atom. The smallest absolute Gasteiger partial charge is 0.194 e. The van der Waals surface area contributed by atoms with Crippen molar-refractivity contribution in [3.05, 3.63) is 64.2 Å². The molecule has 0 bridgehead atoms. The number of hydrogen-bond donors (Lipinski definition) is 0. The van der Waals surface area contributed by atoms with Gasteiger partial charge < -0.3 is 0 Å². The summed E-state index contributed by atoms with van der Waals surface area (Å²) in [5.74, 6) is -3.88. The molecule has 0 aliphatic rings. The van der Waals surface area contributed by atoms with E-state index < -0.39 is 17.5 Å². The first kappa shape index (κ1) is 14.3. The largest absolute Gasteiger partial charge is 0.263 e. The van der Waals surface area contributed by atoms with Gasteiger partial charge in [0.05, 0.1) is 5.02 Å². The van der Waals surface area contributed by atoms with Gasteiger partial charge in [-0.05, 0) is 35.7 Å². The van der Waals surface area contributed by atoms with Crippen LogP contribution in [0.2, 0.25) is 5.02 Å². The lowest BCUT2D eigenvalue weighted by Gasteiger charge is -2.12. The molecule has 1 nitrogen and oxygen atoms in total. The summed E-state index contributed by atoms with van der Waals surface area (Å²) in [4.78, 5) is 3.47. The van der Waals surface area contributed by atoms with E-state index >= 15 is 0 Å². The monoisotopic (exact) mass is 349 g/mol. The van der Waals surface area contributed by atoms with Crippen molar-refractivity contribution in [1.29, 1.82) is 0 Å². The second-order valence-electron chi connectivity index (χ2n) is 3.94. The number of alkyl halides is 1. The number of rotatable bonds is 3. The fourth-order valence-electron chi connectivity index (χ4n) is 1.64. The molecule has 0 fully saturated rings. The Hall–Kier alpha value is -1.07. The fraction of sp³-hybridized carbons (Fsp3) is 0.154. The van der Waals surface area contributed by atoms with Crippen molar-refractivity contribution >= 4 is 27.5 Å². The normalized spacial score (nSPS) is 12.5. The summed E-state index contributed by atoms with van der Waals surface area (Å²) in [6, 6.07) is 3.65. The van der Waals surface area contributed by atoms with E-state index in [0.717, 1.165) is 17.7 Å². The van der Waals surface area contributed by atoms with Gasteiger partial charge in [-0.3, -0.25) is 4.98 Å². The molecule has 19 heavy (non-hydrogen) atoms. The standard InChI is InChI=1S/C13H8BrClF3N/c14-9(3-7-1-2-19-6-10(7)15)8-4-11(16)13(18)12(17)5-8/h1-2,4-6,9H,3H2. The third kappa shape index (κ3) is 3.28. The van der Waals surface area contributed by atoms with Gasteiger partial charge in [-0.15, -0.1) is 0 Å². The van der Waals surface area contributed by atoms with Crippen LogP contribution in [-0.2, 0) is 6.42 Å². The van der Waals surface area contributed by atoms with Crippen LogP contribution in [0.25, 0.3) is 0 Å². The van der Waals surface area contributed by atoms with E-state index in [2.05, 4.69) is 20.9 Å². The van der Waals surface area contributed by atoms with Crippen LogP contribution in [0.5, 0.6) is 0 Å². The Balaban J connectivity index is 2.26. The molecule has 1 aromatic heterocycles. The number of halogens is 5. The molecule has 2 aromatic rings. The summed E-state index contributed by atoms with van der Waals surface area (Å²) in [5.41, 5.74) is 1.09. The second-order valence-corrected chi connectivity index (χ2v) is 5.45. The Morgan fingerprint density at radius 1 is 1.21 bits per heavy atom. The van der Waals surface area contributed by atoms with Gasteiger partial charge in [-0.1, -0.05) is 27.5 Å². The molecular formula is C13H8BrClF3N. The number of pyridine rings is 1. The van der Waals surface area contributed by atoms with Crippen molar-refractivity contribution in [1.82, 2.24) is 4.98 Å². The molecule has 0 saturated carbocycles. The van der Waals surface area contributed by atoms with E-state index in [1.165, 1.54) is 6.20 Å². The summed E-state index contributed by atoms with van der Waals surface area (Å²) >= 11 is 9.27. The topological polar surface area (TPSA) is 12.9 Å². The molecule has 0 aliphatic heterocycles. The van der Waals surface area contributed by atoms with E-state index in [1.54, 1.807) is 12.3 Å². The van der Waals surface area contributed by atoms with Crippen molar-refractivity contribution in [2.45, 2.75) is 11.2 Å². The Bertz CT molecular complexity index is 583. The minimum Gasteiger partial charge on any atom is -0.263 e. The van der Waals surface area contributed by atoms with Crippen molar-refractivity contribution < 1.29 is 13.2 Å². The molecule has 0 N–H and O–H groups in total. The highest BCUT2D eigenvalue weighted by molar-refractivity contribution is 9.09. The highest BCUT2D eigenvalue weighted by Crippen LogP contribution is 2.31. The molecule has 1 atom stereocenters. The molecule has 6 heteroatoms. The first-order valence-electron chi connectivity index (χ1n) is 5.36. The van der Waals surface area contributed by atoms with Gasteiger partial charge in [-0.25, -0.2) is 13.2 Å². The lowest BCUT2D eigenvalue weighted by molar-refractivity contribution is 0.445. The zero-order chi connectivity index (χ0) is 14.0. The molecule has 0 saturated heterocycles. The zero-order valence-corrected chi connectivity index (χ0v) is 11.9. The highest BCUT2D eigenvalue weighted by atomic mass is 79.9. The van der Waals surface area contributed by atoms with Gasteiger partial charge >= 0.3 is 0 Å². The minimum atomic E-state index is -1.47. The summed E-state index contributed by atoms with van der Waals surface area (Å²) in [5, 5.41) is 0.468. The molecule has 1 heterocycles. The summed E-state index contributed by atoms with van der Waals surface area (Å²) < 4.78 is 39.2. The fourth-order valence-corrected chi connectivity index (χ4v) is 2.45. The Labute approximate surface area is 121 Å². The Morgan fingerprint density at radius 2 is 1.84 bits per heavy atom. The van der Waals surface area contributed by atoms with Gasteiger partial charge in [0, 0.05) is 17.2 Å². The summed E-state index contributed by atoms with van der Waals surface area (Å²) in [6.07, 6.45) is 3.47. The molecule has 1 unspecified atom stereocenters. The van der Waals surface area contributed by atoms with Crippen LogP contribution >= 0.6 is 27.5 Å². The summed E-state index contributed by atoms with van der Waals surface area (Å²) in [6.45, 7) is 0. The van der Waals surface area contributed by atoms with E-state index in [9.17, 15) is 13.2 Å². The van der Waals surface area contributed by atoms with Crippen molar-refractivity contribution in [3.8, 4) is 0 Å². The predicted molar refractivity (Wildman–Crippen MR) is 70.9 cm³/mol. The van der Waals surface area contributed by atoms with Crippen molar-refractivity contribution in [3.63, 3.8) is 0 Å². The molecule has 0 aliphatic carbocycles. The van der Waals surface area contributed by atoms with E-state index in [1.807, 2.05) is 0 Å². The van der Waals surface area contributed by atoms with Gasteiger partial charge in [0.2, 0.25) is 0 Å². The van der Waals surface area contributed by atoms with E-state index in [-0.39, 0.29) is 4.83 Å². The maximum atomic E-state index is 13.1. The van der Waals surface area contributed by atoms with Crippen molar-refractivity contribution in [2.24, 2.45) is 0 Å². The molecule has 100 valence electrons. The molecular weight excluding hydrogens is 343 g/mol. The maximum absolute atomic E-state index is 13.1. The molecule has 2 rings (SSSR count). The number of aromatic nitrogens is 1. The Kier molecular flexibility index (Phi) is 4.47. The first-order chi connectivity index (χ1) is 8.99. The zero-order valence-electron chi connectivity index (χ0n) is 9.51. The van der Waals surface area contributed by atoms with Crippen LogP contribution in [0.1, 0.15) is 16.0 Å². The van der Waals surface area contributed by atoms with Crippen LogP contribution in [0.4, 0.5) is 13.2 Å². The van der Waals surface area contributed by atoms with Gasteiger partial charge in [0.25, 0.3) is 0 Å². The minimum absolute atomic E-state index is 0.310. The van der Waals surface area contributed by atoms with Crippen LogP contribution in [0.15, 0.2) is 30.6 Å². The van der Waals surface area contributed by atoms with Crippen molar-refractivity contribution in [2.75, 3.05) is 0 Å². The highest BCUT2D eigenvalue weighted by Gasteiger charge is 2.16.